The van der Waals surface area contributed by atoms with Crippen molar-refractivity contribution in [1.82, 2.24) is 5.32 Å². The molecule has 1 aliphatic rings. The van der Waals surface area contributed by atoms with Gasteiger partial charge in [0.2, 0.25) is 0 Å². The zero-order valence-corrected chi connectivity index (χ0v) is 15.5. The van der Waals surface area contributed by atoms with E-state index in [0.29, 0.717) is 12.0 Å². The first-order valence-corrected chi connectivity index (χ1v) is 10.0. The minimum Gasteiger partial charge on any atom is -0.480 e. The van der Waals surface area contributed by atoms with E-state index in [4.69, 9.17) is 5.11 Å². The van der Waals surface area contributed by atoms with Crippen molar-refractivity contribution in [1.29, 1.82) is 0 Å². The lowest BCUT2D eigenvalue weighted by Crippen LogP contribution is -2.60. The quantitative estimate of drug-likeness (QED) is 0.483. The van der Waals surface area contributed by atoms with Crippen LogP contribution in [0.25, 0.3) is 0 Å². The number of benzene rings is 1. The van der Waals surface area contributed by atoms with Gasteiger partial charge in [-0.3, -0.25) is 13.9 Å². The van der Waals surface area contributed by atoms with Gasteiger partial charge in [0.15, 0.2) is 0 Å². The molecule has 0 radical (unpaired) electrons. The second kappa shape index (κ2) is 8.47. The molecule has 1 aromatic rings. The minimum absolute atomic E-state index is 0.0201. The molecule has 1 fully saturated rings. The van der Waals surface area contributed by atoms with Crippen molar-refractivity contribution in [3.63, 3.8) is 0 Å². The Morgan fingerprint density at radius 3 is 2.37 bits per heavy atom. The maximum absolute atomic E-state index is 12.4. The average molecular weight is 391 g/mol. The third kappa shape index (κ3) is 5.49. The number of carbonyl (C=O) groups is 2. The molecule has 1 saturated heterocycles. The highest BCUT2D eigenvalue weighted by Crippen LogP contribution is 2.59. The molecule has 27 heavy (non-hydrogen) atoms. The first kappa shape index (κ1) is 20.8. The fourth-order valence-electron chi connectivity index (χ4n) is 2.90. The molecule has 0 aromatic heterocycles. The number of carbonyl (C=O) groups excluding carboxylic acids is 1. The summed E-state index contributed by atoms with van der Waals surface area (Å²) in [6.07, 6.45) is 0.354. The lowest BCUT2D eigenvalue weighted by molar-refractivity contribution is -0.142. The van der Waals surface area contributed by atoms with Gasteiger partial charge in [0, 0.05) is 34.5 Å². The molecular weight excluding hydrogens is 370 g/mol. The zero-order valence-electron chi connectivity index (χ0n) is 14.7. The number of carboxylic acid groups (broad SMARTS) is 1. The molecule has 5 N–H and O–H groups in total. The Morgan fingerprint density at radius 1 is 1.22 bits per heavy atom. The van der Waals surface area contributed by atoms with E-state index < -0.39 is 33.9 Å². The molecule has 7 nitrogen and oxygen atoms in total. The van der Waals surface area contributed by atoms with Crippen molar-refractivity contribution in [2.45, 2.75) is 19.4 Å². The van der Waals surface area contributed by atoms with E-state index in [-0.39, 0.29) is 23.7 Å². The summed E-state index contributed by atoms with van der Waals surface area (Å²) in [5.74, 6) is 8.81. The number of aliphatic carboxylic acids is 1. The van der Waals surface area contributed by atoms with Crippen LogP contribution in [-0.4, -0.2) is 55.3 Å². The van der Waals surface area contributed by atoms with Gasteiger partial charge in [-0.25, -0.2) is 4.79 Å². The molecule has 1 aliphatic heterocycles. The number of hydrogen-bond donors (Lipinski definition) is 5. The van der Waals surface area contributed by atoms with Crippen LogP contribution in [0.5, 0.6) is 0 Å². The van der Waals surface area contributed by atoms with Gasteiger partial charge in [0.1, 0.15) is 6.04 Å². The van der Waals surface area contributed by atoms with Crippen LogP contribution in [0.15, 0.2) is 24.3 Å². The maximum Gasteiger partial charge on any atom is 0.326 e. The molecule has 2 rings (SSSR count). The Balaban J connectivity index is 2.04. The molecule has 1 atom stereocenters. The summed E-state index contributed by atoms with van der Waals surface area (Å²) < 4.78 is 19.2. The first-order valence-electron chi connectivity index (χ1n) is 8.14. The summed E-state index contributed by atoms with van der Waals surface area (Å²) in [7, 11) is -2.74. The van der Waals surface area contributed by atoms with Crippen LogP contribution in [0.3, 0.4) is 0 Å². The second-order valence-corrected chi connectivity index (χ2v) is 8.77. The number of aliphatic hydroxyl groups is 1. The van der Waals surface area contributed by atoms with Crippen molar-refractivity contribution >= 4 is 22.5 Å². The van der Waals surface area contributed by atoms with Gasteiger partial charge in [-0.15, -0.1) is 0 Å². The molecular formula is C19H21NO6S. The molecule has 144 valence electrons. The lowest BCUT2D eigenvalue weighted by Gasteiger charge is -2.56. The normalized spacial score (nSPS) is 18.4. The lowest BCUT2D eigenvalue weighted by atomic mass is 9.85. The number of aliphatic hydroxyl groups excluding tert-OH is 1. The summed E-state index contributed by atoms with van der Waals surface area (Å²) in [6.45, 7) is 1.59. The first-order chi connectivity index (χ1) is 12.7. The third-order valence-electron chi connectivity index (χ3n) is 4.08. The molecule has 1 unspecified atom stereocenters. The van der Waals surface area contributed by atoms with Gasteiger partial charge >= 0.3 is 5.97 Å². The van der Waals surface area contributed by atoms with Crippen molar-refractivity contribution in [3.8, 4) is 23.7 Å². The Morgan fingerprint density at radius 2 is 1.85 bits per heavy atom. The van der Waals surface area contributed by atoms with E-state index >= 15 is 0 Å². The molecule has 0 aliphatic carbocycles. The van der Waals surface area contributed by atoms with Crippen molar-refractivity contribution in [2.24, 2.45) is 5.41 Å². The predicted molar refractivity (Wildman–Crippen MR) is 102 cm³/mol. The number of hydrogen-bond acceptors (Lipinski definition) is 5. The number of amides is 1. The van der Waals surface area contributed by atoms with E-state index in [2.05, 4.69) is 29.0 Å². The number of carboxylic acids is 1. The van der Waals surface area contributed by atoms with Crippen molar-refractivity contribution < 1.29 is 28.9 Å². The van der Waals surface area contributed by atoms with E-state index in [1.807, 2.05) is 0 Å². The van der Waals surface area contributed by atoms with Crippen molar-refractivity contribution in [3.05, 3.63) is 35.4 Å². The Kier molecular flexibility index (Phi) is 6.53. The van der Waals surface area contributed by atoms with Crippen LogP contribution in [-0.2, 0) is 4.79 Å². The van der Waals surface area contributed by atoms with E-state index in [9.17, 15) is 23.8 Å². The molecule has 1 amide bonds. The summed E-state index contributed by atoms with van der Waals surface area (Å²) in [5, 5.41) is 20.5. The smallest absolute Gasteiger partial charge is 0.326 e. The monoisotopic (exact) mass is 391 g/mol. The second-order valence-electron chi connectivity index (χ2n) is 6.59. The number of rotatable bonds is 5. The molecule has 0 bridgehead atoms. The van der Waals surface area contributed by atoms with Gasteiger partial charge in [0.05, 0.1) is 6.61 Å². The average Bonchev–Trinajstić information content (AvgIpc) is 2.57. The van der Waals surface area contributed by atoms with Crippen molar-refractivity contribution in [2.75, 3.05) is 18.1 Å². The van der Waals surface area contributed by atoms with Crippen LogP contribution in [0.4, 0.5) is 0 Å². The molecule has 1 heterocycles. The summed E-state index contributed by atoms with van der Waals surface area (Å²) >= 11 is 0. The van der Waals surface area contributed by atoms with Crippen LogP contribution in [0, 0.1) is 29.1 Å². The molecule has 1 aromatic carbocycles. The summed E-state index contributed by atoms with van der Waals surface area (Å²) in [4.78, 5) is 23.9. The van der Waals surface area contributed by atoms with E-state index in [0.717, 1.165) is 0 Å². The molecule has 0 spiro atoms. The fourth-order valence-corrected chi connectivity index (χ4v) is 5.26. The Labute approximate surface area is 159 Å². The summed E-state index contributed by atoms with van der Waals surface area (Å²) in [5.41, 5.74) is 0.00568. The Bertz CT molecular complexity index is 833. The maximum atomic E-state index is 12.4. The van der Waals surface area contributed by atoms with Crippen LogP contribution in [0.1, 0.15) is 29.3 Å². The highest BCUT2D eigenvalue weighted by Gasteiger charge is 2.53. The molecule has 8 heteroatoms. The van der Waals surface area contributed by atoms with Gasteiger partial charge in [0.25, 0.3) is 5.91 Å². The highest BCUT2D eigenvalue weighted by molar-refractivity contribution is 8.25. The van der Waals surface area contributed by atoms with Crippen LogP contribution in [0.2, 0.25) is 0 Å². The number of nitrogens with one attached hydrogen (secondary N) is 1. The van der Waals surface area contributed by atoms with Gasteiger partial charge < -0.3 is 15.5 Å². The van der Waals surface area contributed by atoms with Gasteiger partial charge in [-0.2, -0.15) is 10.6 Å². The van der Waals surface area contributed by atoms with Gasteiger partial charge in [-0.05, 0) is 36.1 Å². The van der Waals surface area contributed by atoms with Crippen LogP contribution >= 0.6 is 10.6 Å². The third-order valence-corrected chi connectivity index (χ3v) is 6.33. The highest BCUT2D eigenvalue weighted by atomic mass is 32.3. The fraction of sp³-hybridized carbons (Fsp3) is 0.368. The topological polar surface area (TPSA) is 127 Å². The minimum atomic E-state index is -2.74. The predicted octanol–water partition coefficient (Wildman–Crippen LogP) is 1.38. The molecule has 0 saturated carbocycles. The van der Waals surface area contributed by atoms with Crippen LogP contribution < -0.4 is 5.32 Å². The summed E-state index contributed by atoms with van der Waals surface area (Å²) in [6, 6.07) is 5.07. The standard InChI is InChI=1S/C19H21NO6S/c1-19(12-27(25,26)13-19)16(18(23)24)20-17(22)15-9-7-14(8-10-15)6-4-2-3-5-11-21/h7-10,16,21,25-26H,5,11-13H2,1H3,(H,20,22)(H,23,24). The SMILES string of the molecule is CC1(C(NC(=O)c2ccc(C#CC#CCCO)cc2)C(=O)O)CS(O)(O)C1. The largest absolute Gasteiger partial charge is 0.480 e. The zero-order chi connectivity index (χ0) is 20.1. The van der Waals surface area contributed by atoms with E-state index in [1.165, 1.54) is 12.1 Å². The van der Waals surface area contributed by atoms with E-state index in [1.54, 1.807) is 19.1 Å². The Hall–Kier alpha value is -2.49. The van der Waals surface area contributed by atoms with Gasteiger partial charge in [-0.1, -0.05) is 18.8 Å².